The average molecular weight is 631 g/mol. The molecule has 18 heteroatoms. The number of nitrogens with zero attached hydrogens (tertiary/aromatic N) is 4. The molecule has 2 aromatic rings. The van der Waals surface area contributed by atoms with Crippen LogP contribution in [0.5, 0.6) is 0 Å². The van der Waals surface area contributed by atoms with Gasteiger partial charge in [0.1, 0.15) is 5.71 Å². The van der Waals surface area contributed by atoms with Crippen LogP contribution in [0, 0.1) is 5.92 Å². The SMILES string of the molecule is NC(=O)C1=NN(c2ccc(S(=O)(=O)O)cc2)C(=O)C1=CC=CC=CC1C(C(N)=O)=NN(c2ccc(S(=O)(=O)O)cc2)C1O. The molecule has 3 amide bonds. The predicted molar refractivity (Wildman–Crippen MR) is 152 cm³/mol. The van der Waals surface area contributed by atoms with Crippen LogP contribution in [-0.4, -0.2) is 66.4 Å². The molecule has 224 valence electrons. The Balaban J connectivity index is 1.52. The fourth-order valence-electron chi connectivity index (χ4n) is 4.00. The maximum absolute atomic E-state index is 12.9. The maximum atomic E-state index is 12.9. The Morgan fingerprint density at radius 2 is 1.33 bits per heavy atom. The molecule has 2 aromatic carbocycles. The van der Waals surface area contributed by atoms with Crippen LogP contribution < -0.4 is 21.5 Å². The second-order valence-electron chi connectivity index (χ2n) is 8.85. The van der Waals surface area contributed by atoms with Crippen molar-refractivity contribution >= 4 is 60.8 Å². The van der Waals surface area contributed by atoms with Crippen molar-refractivity contribution in [3.05, 3.63) is 84.5 Å². The van der Waals surface area contributed by atoms with Crippen LogP contribution in [-0.2, 0) is 34.6 Å². The minimum absolute atomic E-state index is 0.0918. The highest BCUT2D eigenvalue weighted by Gasteiger charge is 2.38. The first-order chi connectivity index (χ1) is 20.1. The van der Waals surface area contributed by atoms with E-state index in [1.165, 1.54) is 54.6 Å². The summed E-state index contributed by atoms with van der Waals surface area (Å²) in [6.45, 7) is 0. The van der Waals surface area contributed by atoms with Crippen LogP contribution in [0.2, 0.25) is 0 Å². The van der Waals surface area contributed by atoms with Crippen molar-refractivity contribution in [3.8, 4) is 0 Å². The van der Waals surface area contributed by atoms with Crippen molar-refractivity contribution < 1.29 is 45.4 Å². The van der Waals surface area contributed by atoms with E-state index in [9.17, 15) is 36.3 Å². The van der Waals surface area contributed by atoms with Gasteiger partial charge in [0.2, 0.25) is 0 Å². The fraction of sp³-hybridized carbons (Fsp3) is 0.0800. The molecular weight excluding hydrogens is 608 g/mol. The van der Waals surface area contributed by atoms with Gasteiger partial charge in [-0.15, -0.1) is 0 Å². The van der Waals surface area contributed by atoms with Crippen molar-refractivity contribution in [2.45, 2.75) is 16.0 Å². The Morgan fingerprint density at radius 1 is 0.791 bits per heavy atom. The number of nitrogens with two attached hydrogens (primary N) is 2. The van der Waals surface area contributed by atoms with E-state index < -0.39 is 55.0 Å². The van der Waals surface area contributed by atoms with Gasteiger partial charge in [-0.25, -0.2) is 5.01 Å². The number of carbonyl (C=O) groups is 3. The average Bonchev–Trinajstić information content (AvgIpc) is 3.44. The third-order valence-corrected chi connectivity index (χ3v) is 7.78. The van der Waals surface area contributed by atoms with Gasteiger partial charge in [0.25, 0.3) is 38.0 Å². The fourth-order valence-corrected chi connectivity index (χ4v) is 4.96. The van der Waals surface area contributed by atoms with Crippen LogP contribution in [0.25, 0.3) is 0 Å². The van der Waals surface area contributed by atoms with Gasteiger partial charge < -0.3 is 16.6 Å². The zero-order valence-electron chi connectivity index (χ0n) is 21.6. The molecule has 0 aliphatic carbocycles. The second kappa shape index (κ2) is 11.7. The van der Waals surface area contributed by atoms with Crippen LogP contribution in [0.3, 0.4) is 0 Å². The first-order valence-corrected chi connectivity index (χ1v) is 14.8. The number of hydrogen-bond donors (Lipinski definition) is 5. The van der Waals surface area contributed by atoms with Gasteiger partial charge in [-0.3, -0.25) is 23.5 Å². The van der Waals surface area contributed by atoms with Crippen LogP contribution in [0.15, 0.2) is 104 Å². The largest absolute Gasteiger partial charge is 0.371 e. The van der Waals surface area contributed by atoms with Crippen molar-refractivity contribution in [1.82, 2.24) is 0 Å². The van der Waals surface area contributed by atoms with Crippen molar-refractivity contribution in [1.29, 1.82) is 0 Å². The Kier molecular flexibility index (Phi) is 8.42. The molecule has 2 atom stereocenters. The van der Waals surface area contributed by atoms with Crippen LogP contribution >= 0.6 is 0 Å². The summed E-state index contributed by atoms with van der Waals surface area (Å²) in [6, 6.07) is 9.16. The standard InChI is InChI=1S/C25H22N6O10S2/c26-22(32)20-18(24(34)30(28-20)14-6-10-16(11-7-14)42(36,37)38)4-2-1-3-5-19-21(23(27)33)29-31(25(19)35)15-8-12-17(13-9-15)43(39,40)41/h1-13,18,24,34H,(H2,26,32)(H2,27,33)(H,36,37,38)(H,39,40,41). The molecule has 2 aliphatic heterocycles. The summed E-state index contributed by atoms with van der Waals surface area (Å²) in [5, 5.41) is 20.6. The number of benzene rings is 2. The number of rotatable bonds is 9. The third-order valence-electron chi connectivity index (χ3n) is 6.05. The maximum Gasteiger partial charge on any atom is 0.294 e. The lowest BCUT2D eigenvalue weighted by Gasteiger charge is -2.21. The predicted octanol–water partition coefficient (Wildman–Crippen LogP) is -0.297. The van der Waals surface area contributed by atoms with Crippen LogP contribution in [0.4, 0.5) is 11.4 Å². The number of allylic oxidation sites excluding steroid dienone is 4. The van der Waals surface area contributed by atoms with E-state index in [0.29, 0.717) is 0 Å². The third kappa shape index (κ3) is 6.58. The highest BCUT2D eigenvalue weighted by Crippen LogP contribution is 2.29. The number of aliphatic hydroxyl groups excluding tert-OH is 1. The lowest BCUT2D eigenvalue weighted by atomic mass is 10.0. The topological polar surface area (TPSA) is 263 Å². The normalized spacial score (nSPS) is 20.3. The summed E-state index contributed by atoms with van der Waals surface area (Å²) in [5.74, 6) is -3.72. The van der Waals surface area contributed by atoms with E-state index in [4.69, 9.17) is 20.6 Å². The molecule has 0 bridgehead atoms. The molecule has 0 fully saturated rings. The number of aliphatic hydroxyl groups is 1. The first kappa shape index (κ1) is 30.9. The van der Waals surface area contributed by atoms with Gasteiger partial charge in [0, 0.05) is 0 Å². The van der Waals surface area contributed by atoms with Crippen molar-refractivity contribution in [3.63, 3.8) is 0 Å². The Hall–Kier alpha value is -5.01. The molecule has 0 radical (unpaired) electrons. The van der Waals surface area contributed by atoms with Gasteiger partial charge in [-0.1, -0.05) is 24.3 Å². The Bertz CT molecular complexity index is 1860. The van der Waals surface area contributed by atoms with E-state index >= 15 is 0 Å². The highest BCUT2D eigenvalue weighted by molar-refractivity contribution is 7.86. The monoisotopic (exact) mass is 630 g/mol. The molecule has 0 saturated carbocycles. The number of hydrogen-bond acceptors (Lipinski definition) is 11. The summed E-state index contributed by atoms with van der Waals surface area (Å²) in [6.07, 6.45) is 5.35. The first-order valence-electron chi connectivity index (χ1n) is 11.9. The van der Waals surface area contributed by atoms with Gasteiger partial charge in [-0.05, 0) is 54.6 Å². The summed E-state index contributed by atoms with van der Waals surface area (Å²) >= 11 is 0. The van der Waals surface area contributed by atoms with E-state index in [1.54, 1.807) is 0 Å². The number of anilines is 2. The van der Waals surface area contributed by atoms with Gasteiger partial charge in [0.05, 0.1) is 32.7 Å². The molecule has 2 heterocycles. The molecular formula is C25H22N6O10S2. The van der Waals surface area contributed by atoms with Crippen molar-refractivity contribution in [2.75, 3.05) is 10.0 Å². The molecule has 7 N–H and O–H groups in total. The molecule has 0 aromatic heterocycles. The number of amides is 3. The summed E-state index contributed by atoms with van der Waals surface area (Å²) in [7, 11) is -8.92. The molecule has 2 aliphatic rings. The number of carbonyl (C=O) groups excluding carboxylic acids is 3. The minimum atomic E-state index is -4.47. The lowest BCUT2D eigenvalue weighted by molar-refractivity contribution is -0.115. The highest BCUT2D eigenvalue weighted by atomic mass is 32.2. The number of hydrazone groups is 2. The van der Waals surface area contributed by atoms with Crippen LogP contribution in [0.1, 0.15) is 0 Å². The molecule has 0 spiro atoms. The summed E-state index contributed by atoms with van der Waals surface area (Å²) < 4.78 is 63.4. The molecule has 43 heavy (non-hydrogen) atoms. The van der Waals surface area contributed by atoms with Gasteiger partial charge >= 0.3 is 0 Å². The van der Waals surface area contributed by atoms with Crippen molar-refractivity contribution in [2.24, 2.45) is 27.6 Å². The summed E-state index contributed by atoms with van der Waals surface area (Å²) in [5.41, 5.74) is 10.3. The quantitative estimate of drug-likeness (QED) is 0.136. The zero-order valence-corrected chi connectivity index (χ0v) is 23.3. The van der Waals surface area contributed by atoms with E-state index in [0.717, 1.165) is 34.3 Å². The molecule has 4 rings (SSSR count). The summed E-state index contributed by atoms with van der Waals surface area (Å²) in [4.78, 5) is 36.0. The molecule has 0 saturated heterocycles. The molecule has 2 unspecified atom stereocenters. The second-order valence-corrected chi connectivity index (χ2v) is 11.7. The Labute approximate surface area is 244 Å². The van der Waals surface area contributed by atoms with E-state index in [1.807, 2.05) is 0 Å². The zero-order chi connectivity index (χ0) is 31.7. The number of primary amides is 2. The van der Waals surface area contributed by atoms with Gasteiger partial charge in [-0.2, -0.15) is 32.0 Å². The lowest BCUT2D eigenvalue weighted by Crippen LogP contribution is -2.35. The van der Waals surface area contributed by atoms with E-state index in [2.05, 4.69) is 10.2 Å². The Morgan fingerprint density at radius 3 is 1.81 bits per heavy atom. The van der Waals surface area contributed by atoms with E-state index in [-0.39, 0.29) is 33.3 Å². The molecule has 16 nitrogen and oxygen atoms in total. The minimum Gasteiger partial charge on any atom is -0.371 e. The smallest absolute Gasteiger partial charge is 0.294 e. The van der Waals surface area contributed by atoms with Gasteiger partial charge in [0.15, 0.2) is 11.9 Å².